The third kappa shape index (κ3) is 5.73. The second-order valence-electron chi connectivity index (χ2n) is 8.11. The van der Waals surface area contributed by atoms with E-state index >= 15 is 0 Å². The van der Waals surface area contributed by atoms with Crippen molar-refractivity contribution < 1.29 is 32.6 Å². The van der Waals surface area contributed by atoms with Crippen LogP contribution in [-0.4, -0.2) is 60.9 Å². The summed E-state index contributed by atoms with van der Waals surface area (Å²) in [5, 5.41) is 11.7. The number of hydrogen-bond acceptors (Lipinski definition) is 7. The number of esters is 1. The van der Waals surface area contributed by atoms with Gasteiger partial charge in [0.25, 0.3) is 11.8 Å². The van der Waals surface area contributed by atoms with Crippen molar-refractivity contribution in [2.45, 2.75) is 23.5 Å². The fraction of sp³-hybridized carbons (Fsp3) is 0.208. The lowest BCUT2D eigenvalue weighted by atomic mass is 10.1. The largest absolute Gasteiger partial charge is 0.454 e. The van der Waals surface area contributed by atoms with Crippen LogP contribution >= 0.6 is 15.9 Å². The van der Waals surface area contributed by atoms with Crippen LogP contribution < -0.4 is 10.9 Å². The van der Waals surface area contributed by atoms with E-state index in [4.69, 9.17) is 4.74 Å². The van der Waals surface area contributed by atoms with Crippen molar-refractivity contribution in [3.63, 3.8) is 0 Å². The molecule has 10 nitrogen and oxygen atoms in total. The Bertz CT molecular complexity index is 1410. The molecule has 0 bridgehead atoms. The minimum Gasteiger partial charge on any atom is -0.454 e. The lowest BCUT2D eigenvalue weighted by molar-refractivity contribution is -0.151. The highest BCUT2D eigenvalue weighted by atomic mass is 79.9. The second kappa shape index (κ2) is 10.7. The molecule has 1 fully saturated rings. The number of ether oxygens (including phenoxy) is 1. The predicted octanol–water partition coefficient (Wildman–Crippen LogP) is 1.73. The Morgan fingerprint density at radius 1 is 1.00 bits per heavy atom. The van der Waals surface area contributed by atoms with Gasteiger partial charge in [0.2, 0.25) is 10.0 Å². The number of aliphatic hydroxyl groups excluding tert-OH is 1. The first-order valence-electron chi connectivity index (χ1n) is 10.9. The maximum Gasteiger partial charge on any atom is 0.325 e. The average Bonchev–Trinajstić information content (AvgIpc) is 3.28. The maximum absolute atomic E-state index is 13.3. The molecule has 2 atom stereocenters. The summed E-state index contributed by atoms with van der Waals surface area (Å²) in [7, 11) is -4.14. The molecule has 2 amide bonds. The predicted molar refractivity (Wildman–Crippen MR) is 133 cm³/mol. The standard InChI is InChI=1S/C24H22BrN3O7S/c25-18-8-5-16(6-9-18)23(31)27-26-22(30)14-35-24(32)21-12-19(29)13-28(21)36(33,34)20-10-7-15-3-1-2-4-17(15)11-20/h1-11,19,21,29H,12-14H2,(H,26,30)(H,27,31)/t19-,21-/m1/s1. The topological polar surface area (TPSA) is 142 Å². The van der Waals surface area contributed by atoms with Crippen molar-refractivity contribution in [2.75, 3.05) is 13.2 Å². The SMILES string of the molecule is O=C(COC(=O)[C@H]1C[C@@H](O)CN1S(=O)(=O)c1ccc2ccccc2c1)NNC(=O)c1ccc(Br)cc1. The number of sulfonamides is 1. The highest BCUT2D eigenvalue weighted by Gasteiger charge is 2.44. The first kappa shape index (κ1) is 25.8. The molecule has 1 aliphatic heterocycles. The van der Waals surface area contributed by atoms with Crippen LogP contribution in [0.1, 0.15) is 16.8 Å². The molecule has 188 valence electrons. The van der Waals surface area contributed by atoms with Crippen LogP contribution in [0.15, 0.2) is 76.1 Å². The Hall–Kier alpha value is -3.32. The van der Waals surface area contributed by atoms with E-state index < -0.39 is 46.6 Å². The zero-order valence-electron chi connectivity index (χ0n) is 18.8. The van der Waals surface area contributed by atoms with Crippen LogP contribution in [0.4, 0.5) is 0 Å². The number of carbonyl (C=O) groups excluding carboxylic acids is 3. The number of nitrogens with one attached hydrogen (secondary N) is 2. The molecule has 1 saturated heterocycles. The van der Waals surface area contributed by atoms with Crippen LogP contribution in [0.5, 0.6) is 0 Å². The number of amides is 2. The first-order chi connectivity index (χ1) is 17.1. The molecule has 4 rings (SSSR count). The highest BCUT2D eigenvalue weighted by molar-refractivity contribution is 9.10. The van der Waals surface area contributed by atoms with Crippen molar-refractivity contribution in [1.29, 1.82) is 0 Å². The molecule has 36 heavy (non-hydrogen) atoms. The molecule has 1 aliphatic rings. The second-order valence-corrected chi connectivity index (χ2v) is 10.9. The molecule has 0 aliphatic carbocycles. The number of halogens is 1. The van der Waals surface area contributed by atoms with E-state index in [2.05, 4.69) is 26.8 Å². The summed E-state index contributed by atoms with van der Waals surface area (Å²) in [5.74, 6) is -2.38. The number of β-amino-alcohol motifs (C(OH)–C–C–N with tert-alkyl or cyclic N) is 1. The van der Waals surface area contributed by atoms with Gasteiger partial charge in [-0.2, -0.15) is 4.31 Å². The average molecular weight is 576 g/mol. The van der Waals surface area contributed by atoms with Crippen LogP contribution in [0.2, 0.25) is 0 Å². The van der Waals surface area contributed by atoms with Crippen molar-refractivity contribution in [3.05, 3.63) is 76.8 Å². The quantitative estimate of drug-likeness (QED) is 0.300. The minimum atomic E-state index is -4.14. The van der Waals surface area contributed by atoms with Gasteiger partial charge >= 0.3 is 5.97 Å². The van der Waals surface area contributed by atoms with Crippen LogP contribution in [0.25, 0.3) is 10.8 Å². The molecule has 0 saturated carbocycles. The van der Waals surface area contributed by atoms with Crippen LogP contribution in [0, 0.1) is 0 Å². The van der Waals surface area contributed by atoms with E-state index in [1.54, 1.807) is 42.5 Å². The van der Waals surface area contributed by atoms with Gasteiger partial charge in [0.15, 0.2) is 6.61 Å². The van der Waals surface area contributed by atoms with Crippen molar-refractivity contribution in [2.24, 2.45) is 0 Å². The Morgan fingerprint density at radius 2 is 1.69 bits per heavy atom. The van der Waals surface area contributed by atoms with E-state index in [9.17, 15) is 27.9 Å². The fourth-order valence-corrected chi connectivity index (χ4v) is 5.72. The molecule has 0 aromatic heterocycles. The number of fused-ring (bicyclic) bond motifs is 1. The lowest BCUT2D eigenvalue weighted by Gasteiger charge is -2.22. The van der Waals surface area contributed by atoms with Gasteiger partial charge in [0.05, 0.1) is 11.0 Å². The molecule has 3 aromatic carbocycles. The van der Waals surface area contributed by atoms with Gasteiger partial charge in [-0.05, 0) is 47.2 Å². The molecule has 3 aromatic rings. The third-order valence-corrected chi connectivity index (χ3v) is 8.00. The van der Waals surface area contributed by atoms with Crippen molar-refractivity contribution in [1.82, 2.24) is 15.2 Å². The number of rotatable bonds is 6. The summed E-state index contributed by atoms with van der Waals surface area (Å²) in [6, 6.07) is 16.9. The summed E-state index contributed by atoms with van der Waals surface area (Å²) >= 11 is 3.25. The first-order valence-corrected chi connectivity index (χ1v) is 13.1. The number of nitrogens with zero attached hydrogens (tertiary/aromatic N) is 1. The van der Waals surface area contributed by atoms with E-state index in [1.807, 2.05) is 12.1 Å². The molecule has 12 heteroatoms. The van der Waals surface area contributed by atoms with E-state index in [1.165, 1.54) is 12.1 Å². The van der Waals surface area contributed by atoms with Gasteiger partial charge in [-0.3, -0.25) is 25.2 Å². The molecule has 0 radical (unpaired) electrons. The Labute approximate surface area is 215 Å². The third-order valence-electron chi connectivity index (χ3n) is 5.60. The van der Waals surface area contributed by atoms with Crippen molar-refractivity contribution in [3.8, 4) is 0 Å². The molecule has 3 N–H and O–H groups in total. The molecule has 0 spiro atoms. The molecule has 1 heterocycles. The van der Waals surface area contributed by atoms with Crippen LogP contribution in [0.3, 0.4) is 0 Å². The summed E-state index contributed by atoms with van der Waals surface area (Å²) in [4.78, 5) is 36.8. The monoisotopic (exact) mass is 575 g/mol. The van der Waals surface area contributed by atoms with Gasteiger partial charge in [-0.15, -0.1) is 0 Å². The van der Waals surface area contributed by atoms with Gasteiger partial charge in [0, 0.05) is 23.0 Å². The van der Waals surface area contributed by atoms with E-state index in [0.717, 1.165) is 14.2 Å². The number of hydrogen-bond donors (Lipinski definition) is 3. The normalized spacial score (nSPS) is 18.1. The Morgan fingerprint density at radius 3 is 2.42 bits per heavy atom. The Kier molecular flexibility index (Phi) is 7.69. The van der Waals surface area contributed by atoms with Crippen LogP contribution in [-0.2, 0) is 24.3 Å². The fourth-order valence-electron chi connectivity index (χ4n) is 3.80. The number of benzene rings is 3. The summed E-state index contributed by atoms with van der Waals surface area (Å²) in [5.41, 5.74) is 4.62. The van der Waals surface area contributed by atoms with E-state index in [0.29, 0.717) is 10.9 Å². The number of hydrazine groups is 1. The summed E-state index contributed by atoms with van der Waals surface area (Å²) in [6.45, 7) is -1.04. The van der Waals surface area contributed by atoms with Crippen molar-refractivity contribution >= 4 is 54.5 Å². The smallest absolute Gasteiger partial charge is 0.325 e. The lowest BCUT2D eigenvalue weighted by Crippen LogP contribution is -2.45. The number of carbonyl (C=O) groups is 3. The summed E-state index contributed by atoms with van der Waals surface area (Å²) in [6.07, 6.45) is -1.25. The van der Waals surface area contributed by atoms with Gasteiger partial charge < -0.3 is 9.84 Å². The zero-order valence-corrected chi connectivity index (χ0v) is 21.2. The Balaban J connectivity index is 1.38. The van der Waals surface area contributed by atoms with Gasteiger partial charge in [0.1, 0.15) is 6.04 Å². The van der Waals surface area contributed by atoms with Gasteiger partial charge in [-0.25, -0.2) is 8.42 Å². The maximum atomic E-state index is 13.3. The molecule has 0 unspecified atom stereocenters. The summed E-state index contributed by atoms with van der Waals surface area (Å²) < 4.78 is 33.2. The van der Waals surface area contributed by atoms with Gasteiger partial charge in [-0.1, -0.05) is 46.3 Å². The highest BCUT2D eigenvalue weighted by Crippen LogP contribution is 2.29. The zero-order chi connectivity index (χ0) is 25.9. The molecular formula is C24H22BrN3O7S. The number of aliphatic hydroxyl groups is 1. The minimum absolute atomic E-state index is 0.0264. The van der Waals surface area contributed by atoms with E-state index in [-0.39, 0.29) is 17.9 Å². The molecular weight excluding hydrogens is 554 g/mol.